The molecule has 0 aliphatic carbocycles. The van der Waals surface area contributed by atoms with Crippen LogP contribution in [0.3, 0.4) is 0 Å². The summed E-state index contributed by atoms with van der Waals surface area (Å²) >= 11 is 1.91. The van der Waals surface area contributed by atoms with Gasteiger partial charge < -0.3 is 10.1 Å². The molecular formula is C15H28N2OS. The smallest absolute Gasteiger partial charge is 0.0596 e. The lowest BCUT2D eigenvalue weighted by molar-refractivity contribution is 0.0628. The van der Waals surface area contributed by atoms with E-state index in [1.54, 1.807) is 0 Å². The maximum atomic E-state index is 5.57. The molecule has 0 saturated heterocycles. The standard InChI is InChI=1S/C15H28N2OS/c1-5-8-16-11-14-6-7-15(19-14)12-17(4)9-10-18-13(2)3/h6-7,13,16H,5,8-12H2,1-4H3. The summed E-state index contributed by atoms with van der Waals surface area (Å²) in [6.45, 7) is 11.3. The van der Waals surface area contributed by atoms with E-state index in [-0.39, 0.29) is 0 Å². The zero-order valence-electron chi connectivity index (χ0n) is 12.7. The molecule has 0 bridgehead atoms. The molecule has 1 aromatic heterocycles. The molecule has 0 atom stereocenters. The molecule has 0 aromatic carbocycles. The molecule has 0 amide bonds. The van der Waals surface area contributed by atoms with Crippen molar-refractivity contribution in [1.82, 2.24) is 10.2 Å². The fourth-order valence-corrected chi connectivity index (χ4v) is 2.85. The third-order valence-electron chi connectivity index (χ3n) is 2.79. The summed E-state index contributed by atoms with van der Waals surface area (Å²) in [7, 11) is 2.15. The molecule has 1 heterocycles. The monoisotopic (exact) mass is 284 g/mol. The lowest BCUT2D eigenvalue weighted by Gasteiger charge is -2.16. The fourth-order valence-electron chi connectivity index (χ4n) is 1.78. The summed E-state index contributed by atoms with van der Waals surface area (Å²) in [6, 6.07) is 4.48. The first-order valence-corrected chi connectivity index (χ1v) is 8.02. The first kappa shape index (κ1) is 16.6. The van der Waals surface area contributed by atoms with Gasteiger partial charge in [0.25, 0.3) is 0 Å². The maximum absolute atomic E-state index is 5.57. The second-order valence-electron chi connectivity index (χ2n) is 5.20. The van der Waals surface area contributed by atoms with Crippen LogP contribution in [0.5, 0.6) is 0 Å². The highest BCUT2D eigenvalue weighted by molar-refractivity contribution is 7.11. The normalized spacial score (nSPS) is 11.7. The molecule has 3 nitrogen and oxygen atoms in total. The molecule has 0 fully saturated rings. The number of likely N-dealkylation sites (N-methyl/N-ethyl adjacent to an activating group) is 1. The number of hydrogen-bond donors (Lipinski definition) is 1. The van der Waals surface area contributed by atoms with E-state index in [0.717, 1.165) is 32.8 Å². The molecule has 0 aliphatic heterocycles. The Morgan fingerprint density at radius 1 is 1.32 bits per heavy atom. The van der Waals surface area contributed by atoms with Gasteiger partial charge in [-0.05, 0) is 46.0 Å². The van der Waals surface area contributed by atoms with Crippen LogP contribution in [0.15, 0.2) is 12.1 Å². The van der Waals surface area contributed by atoms with Gasteiger partial charge in [0, 0.05) is 29.4 Å². The van der Waals surface area contributed by atoms with Gasteiger partial charge in [0.2, 0.25) is 0 Å². The van der Waals surface area contributed by atoms with E-state index < -0.39 is 0 Å². The van der Waals surface area contributed by atoms with Crippen LogP contribution in [0, 0.1) is 0 Å². The van der Waals surface area contributed by atoms with Crippen LogP contribution < -0.4 is 5.32 Å². The molecule has 4 heteroatoms. The number of ether oxygens (including phenoxy) is 1. The minimum atomic E-state index is 0.325. The van der Waals surface area contributed by atoms with Gasteiger partial charge in [0.05, 0.1) is 12.7 Å². The van der Waals surface area contributed by atoms with E-state index in [0.29, 0.717) is 6.10 Å². The Hall–Kier alpha value is -0.420. The van der Waals surface area contributed by atoms with Crippen molar-refractivity contribution in [2.75, 3.05) is 26.7 Å². The maximum Gasteiger partial charge on any atom is 0.0596 e. The Balaban J connectivity index is 2.24. The molecule has 19 heavy (non-hydrogen) atoms. The van der Waals surface area contributed by atoms with Crippen LogP contribution in [0.25, 0.3) is 0 Å². The van der Waals surface area contributed by atoms with Crippen molar-refractivity contribution in [2.45, 2.75) is 46.4 Å². The molecule has 0 saturated carbocycles. The van der Waals surface area contributed by atoms with Crippen LogP contribution in [-0.2, 0) is 17.8 Å². The molecule has 1 N–H and O–H groups in total. The summed E-state index contributed by atoms with van der Waals surface area (Å²) in [5.41, 5.74) is 0. The zero-order valence-corrected chi connectivity index (χ0v) is 13.6. The number of rotatable bonds is 10. The Morgan fingerprint density at radius 2 is 2.05 bits per heavy atom. The van der Waals surface area contributed by atoms with Crippen molar-refractivity contribution >= 4 is 11.3 Å². The summed E-state index contributed by atoms with van der Waals surface area (Å²) in [5.74, 6) is 0. The number of thiophene rings is 1. The number of nitrogens with one attached hydrogen (secondary N) is 1. The van der Waals surface area contributed by atoms with Crippen molar-refractivity contribution in [3.8, 4) is 0 Å². The minimum Gasteiger partial charge on any atom is -0.377 e. The number of hydrogen-bond acceptors (Lipinski definition) is 4. The van der Waals surface area contributed by atoms with Gasteiger partial charge in [0.15, 0.2) is 0 Å². The summed E-state index contributed by atoms with van der Waals surface area (Å²) in [5, 5.41) is 3.44. The second kappa shape index (κ2) is 9.48. The van der Waals surface area contributed by atoms with Crippen LogP contribution in [0.4, 0.5) is 0 Å². The van der Waals surface area contributed by atoms with E-state index in [1.165, 1.54) is 16.2 Å². The van der Waals surface area contributed by atoms with Gasteiger partial charge in [-0.2, -0.15) is 0 Å². The van der Waals surface area contributed by atoms with Gasteiger partial charge in [-0.1, -0.05) is 6.92 Å². The molecule has 0 spiro atoms. The molecule has 0 aliphatic rings. The largest absolute Gasteiger partial charge is 0.377 e. The van der Waals surface area contributed by atoms with Gasteiger partial charge in [-0.15, -0.1) is 11.3 Å². The third kappa shape index (κ3) is 7.67. The predicted molar refractivity (Wildman–Crippen MR) is 83.7 cm³/mol. The second-order valence-corrected chi connectivity index (χ2v) is 6.46. The highest BCUT2D eigenvalue weighted by atomic mass is 32.1. The molecular weight excluding hydrogens is 256 g/mol. The van der Waals surface area contributed by atoms with Crippen LogP contribution >= 0.6 is 11.3 Å². The first-order valence-electron chi connectivity index (χ1n) is 7.20. The van der Waals surface area contributed by atoms with Crippen molar-refractivity contribution in [3.05, 3.63) is 21.9 Å². The van der Waals surface area contributed by atoms with Gasteiger partial charge in [-0.3, -0.25) is 4.90 Å². The fraction of sp³-hybridized carbons (Fsp3) is 0.733. The average Bonchev–Trinajstić information content (AvgIpc) is 2.76. The number of nitrogens with zero attached hydrogens (tertiary/aromatic N) is 1. The van der Waals surface area contributed by atoms with Gasteiger partial charge >= 0.3 is 0 Å². The van der Waals surface area contributed by atoms with E-state index >= 15 is 0 Å². The van der Waals surface area contributed by atoms with E-state index in [1.807, 2.05) is 11.3 Å². The van der Waals surface area contributed by atoms with Crippen LogP contribution in [0.2, 0.25) is 0 Å². The minimum absolute atomic E-state index is 0.325. The quantitative estimate of drug-likeness (QED) is 0.668. The SMILES string of the molecule is CCCNCc1ccc(CN(C)CCOC(C)C)s1. The Labute approximate surface area is 122 Å². The molecule has 1 aromatic rings. The highest BCUT2D eigenvalue weighted by Gasteiger charge is 2.04. The van der Waals surface area contributed by atoms with Crippen molar-refractivity contribution in [1.29, 1.82) is 0 Å². The van der Waals surface area contributed by atoms with Crippen molar-refractivity contribution < 1.29 is 4.74 Å². The first-order chi connectivity index (χ1) is 9.11. The highest BCUT2D eigenvalue weighted by Crippen LogP contribution is 2.17. The van der Waals surface area contributed by atoms with Crippen LogP contribution in [0.1, 0.15) is 36.9 Å². The Kier molecular flexibility index (Phi) is 8.30. The summed E-state index contributed by atoms with van der Waals surface area (Å²) in [4.78, 5) is 5.17. The Morgan fingerprint density at radius 3 is 2.74 bits per heavy atom. The topological polar surface area (TPSA) is 24.5 Å². The third-order valence-corrected chi connectivity index (χ3v) is 3.86. The Bertz CT molecular complexity index is 339. The lowest BCUT2D eigenvalue weighted by atomic mass is 10.4. The van der Waals surface area contributed by atoms with Gasteiger partial charge in [0.1, 0.15) is 0 Å². The van der Waals surface area contributed by atoms with Crippen LogP contribution in [-0.4, -0.2) is 37.7 Å². The van der Waals surface area contributed by atoms with E-state index in [4.69, 9.17) is 4.74 Å². The van der Waals surface area contributed by atoms with E-state index in [9.17, 15) is 0 Å². The van der Waals surface area contributed by atoms with Gasteiger partial charge in [-0.25, -0.2) is 0 Å². The van der Waals surface area contributed by atoms with Crippen molar-refractivity contribution in [2.24, 2.45) is 0 Å². The zero-order chi connectivity index (χ0) is 14.1. The van der Waals surface area contributed by atoms with Crippen molar-refractivity contribution in [3.63, 3.8) is 0 Å². The molecule has 110 valence electrons. The summed E-state index contributed by atoms with van der Waals surface area (Å²) < 4.78 is 5.57. The predicted octanol–water partition coefficient (Wildman–Crippen LogP) is 3.10. The summed E-state index contributed by atoms with van der Waals surface area (Å²) in [6.07, 6.45) is 1.52. The van der Waals surface area contributed by atoms with E-state index in [2.05, 4.69) is 50.2 Å². The molecule has 1 rings (SSSR count). The lowest BCUT2D eigenvalue weighted by Crippen LogP contribution is -2.23. The molecule has 0 radical (unpaired) electrons. The average molecular weight is 284 g/mol. The molecule has 0 unspecified atom stereocenters.